The van der Waals surface area contributed by atoms with E-state index in [9.17, 15) is 4.79 Å². The highest BCUT2D eigenvalue weighted by Crippen LogP contribution is 2.15. The van der Waals surface area contributed by atoms with Crippen LogP contribution in [0, 0.1) is 0 Å². The number of benzene rings is 1. The van der Waals surface area contributed by atoms with Crippen LogP contribution in [-0.4, -0.2) is 11.9 Å². The molecule has 2 N–H and O–H groups in total. The Hall–Kier alpha value is -1.77. The van der Waals surface area contributed by atoms with Crippen LogP contribution >= 0.6 is 0 Å². The maximum absolute atomic E-state index is 11.2. The van der Waals surface area contributed by atoms with E-state index in [1.807, 2.05) is 37.3 Å². The third-order valence-corrected chi connectivity index (χ3v) is 2.71. The first-order valence-electron chi connectivity index (χ1n) is 6.43. The number of nitrogens with one attached hydrogen (secondary N) is 2. The Morgan fingerprint density at radius 3 is 2.50 bits per heavy atom. The summed E-state index contributed by atoms with van der Waals surface area (Å²) in [5.74, 6) is 0.0371. The lowest BCUT2D eigenvalue weighted by Crippen LogP contribution is -2.14. The number of amides is 1. The SMILES string of the molecule is C=CCCC(C)Nc1ccc(NC(=O)CC)cc1. The van der Waals surface area contributed by atoms with Crippen LogP contribution in [0.5, 0.6) is 0 Å². The zero-order valence-electron chi connectivity index (χ0n) is 11.2. The molecule has 3 heteroatoms. The topological polar surface area (TPSA) is 41.1 Å². The molecule has 1 aromatic carbocycles. The fourth-order valence-electron chi connectivity index (χ4n) is 1.62. The summed E-state index contributed by atoms with van der Waals surface area (Å²) in [7, 11) is 0. The van der Waals surface area contributed by atoms with Crippen LogP contribution in [-0.2, 0) is 4.79 Å². The van der Waals surface area contributed by atoms with E-state index in [0.29, 0.717) is 12.5 Å². The molecule has 0 radical (unpaired) electrons. The van der Waals surface area contributed by atoms with Gasteiger partial charge in [0.05, 0.1) is 0 Å². The molecule has 0 saturated carbocycles. The molecule has 1 unspecified atom stereocenters. The molecule has 0 saturated heterocycles. The van der Waals surface area contributed by atoms with Crippen LogP contribution < -0.4 is 10.6 Å². The molecular formula is C15H22N2O. The number of carbonyl (C=O) groups excluding carboxylic acids is 1. The van der Waals surface area contributed by atoms with Crippen molar-refractivity contribution in [1.29, 1.82) is 0 Å². The van der Waals surface area contributed by atoms with Gasteiger partial charge in [-0.25, -0.2) is 0 Å². The molecule has 0 aliphatic heterocycles. The van der Waals surface area contributed by atoms with Gasteiger partial charge in [-0.1, -0.05) is 13.0 Å². The van der Waals surface area contributed by atoms with E-state index in [2.05, 4.69) is 24.1 Å². The van der Waals surface area contributed by atoms with Gasteiger partial charge in [-0.15, -0.1) is 6.58 Å². The summed E-state index contributed by atoms with van der Waals surface area (Å²) < 4.78 is 0. The Morgan fingerprint density at radius 2 is 1.94 bits per heavy atom. The Balaban J connectivity index is 2.49. The molecule has 1 atom stereocenters. The van der Waals surface area contributed by atoms with Crippen molar-refractivity contribution in [2.24, 2.45) is 0 Å². The summed E-state index contributed by atoms with van der Waals surface area (Å²) in [4.78, 5) is 11.2. The maximum Gasteiger partial charge on any atom is 0.224 e. The molecule has 0 aliphatic carbocycles. The smallest absolute Gasteiger partial charge is 0.224 e. The minimum Gasteiger partial charge on any atom is -0.383 e. The van der Waals surface area contributed by atoms with Crippen molar-refractivity contribution in [1.82, 2.24) is 0 Å². The molecule has 1 aromatic rings. The molecule has 0 aliphatic rings. The molecule has 3 nitrogen and oxygen atoms in total. The second kappa shape index (κ2) is 7.54. The number of rotatable bonds is 7. The van der Waals surface area contributed by atoms with Crippen LogP contribution in [0.25, 0.3) is 0 Å². The standard InChI is InChI=1S/C15H22N2O/c1-4-6-7-12(3)16-13-8-10-14(11-9-13)17-15(18)5-2/h4,8-12,16H,1,5-7H2,2-3H3,(H,17,18). The predicted octanol–water partition coefficient (Wildman–Crippen LogP) is 3.80. The predicted molar refractivity (Wildman–Crippen MR) is 77.9 cm³/mol. The van der Waals surface area contributed by atoms with Gasteiger partial charge in [-0.2, -0.15) is 0 Å². The van der Waals surface area contributed by atoms with Gasteiger partial charge in [0.15, 0.2) is 0 Å². The number of hydrogen-bond acceptors (Lipinski definition) is 2. The molecular weight excluding hydrogens is 224 g/mol. The number of carbonyl (C=O) groups is 1. The summed E-state index contributed by atoms with van der Waals surface area (Å²) >= 11 is 0. The average molecular weight is 246 g/mol. The van der Waals surface area contributed by atoms with Gasteiger partial charge in [0, 0.05) is 23.8 Å². The zero-order chi connectivity index (χ0) is 13.4. The van der Waals surface area contributed by atoms with Crippen molar-refractivity contribution in [3.63, 3.8) is 0 Å². The van der Waals surface area contributed by atoms with Gasteiger partial charge in [-0.05, 0) is 44.0 Å². The monoisotopic (exact) mass is 246 g/mol. The summed E-state index contributed by atoms with van der Waals surface area (Å²) in [5, 5.41) is 6.24. The summed E-state index contributed by atoms with van der Waals surface area (Å²) in [6, 6.07) is 8.21. The van der Waals surface area contributed by atoms with E-state index in [1.54, 1.807) is 0 Å². The number of anilines is 2. The van der Waals surface area contributed by atoms with Crippen LogP contribution in [0.2, 0.25) is 0 Å². The lowest BCUT2D eigenvalue weighted by molar-refractivity contribution is -0.115. The number of allylic oxidation sites excluding steroid dienone is 1. The maximum atomic E-state index is 11.2. The quantitative estimate of drug-likeness (QED) is 0.718. The molecule has 0 spiro atoms. The fourth-order valence-corrected chi connectivity index (χ4v) is 1.62. The van der Waals surface area contributed by atoms with Crippen LogP contribution in [0.15, 0.2) is 36.9 Å². The summed E-state index contributed by atoms with van der Waals surface area (Å²) in [5.41, 5.74) is 1.91. The Labute approximate surface area is 109 Å². The van der Waals surface area contributed by atoms with Crippen molar-refractivity contribution in [2.75, 3.05) is 10.6 Å². The molecule has 1 rings (SSSR count). The van der Waals surface area contributed by atoms with Crippen molar-refractivity contribution in [2.45, 2.75) is 39.2 Å². The summed E-state index contributed by atoms with van der Waals surface area (Å²) in [6.07, 6.45) is 4.51. The second-order valence-corrected chi connectivity index (χ2v) is 4.39. The lowest BCUT2D eigenvalue weighted by atomic mass is 10.1. The normalized spacial score (nSPS) is 11.7. The molecule has 1 amide bonds. The Kier molecular flexibility index (Phi) is 5.98. The lowest BCUT2D eigenvalue weighted by Gasteiger charge is -2.14. The minimum atomic E-state index is 0.0371. The van der Waals surface area contributed by atoms with Gasteiger partial charge < -0.3 is 10.6 Å². The molecule has 18 heavy (non-hydrogen) atoms. The third-order valence-electron chi connectivity index (χ3n) is 2.71. The van der Waals surface area contributed by atoms with Crippen LogP contribution in [0.3, 0.4) is 0 Å². The van der Waals surface area contributed by atoms with Crippen LogP contribution in [0.1, 0.15) is 33.1 Å². The highest BCUT2D eigenvalue weighted by molar-refractivity contribution is 5.90. The molecule has 98 valence electrons. The molecule has 0 fully saturated rings. The van der Waals surface area contributed by atoms with Crippen molar-refractivity contribution in [3.8, 4) is 0 Å². The van der Waals surface area contributed by atoms with E-state index in [-0.39, 0.29) is 5.91 Å². The van der Waals surface area contributed by atoms with Gasteiger partial charge in [-0.3, -0.25) is 4.79 Å². The molecule has 0 bridgehead atoms. The highest BCUT2D eigenvalue weighted by Gasteiger charge is 2.02. The van der Waals surface area contributed by atoms with Crippen molar-refractivity contribution in [3.05, 3.63) is 36.9 Å². The first-order chi connectivity index (χ1) is 8.65. The third kappa shape index (κ3) is 5.04. The average Bonchev–Trinajstić information content (AvgIpc) is 2.38. The van der Waals surface area contributed by atoms with E-state index in [4.69, 9.17) is 0 Å². The van der Waals surface area contributed by atoms with Crippen LogP contribution in [0.4, 0.5) is 11.4 Å². The van der Waals surface area contributed by atoms with Crippen molar-refractivity contribution >= 4 is 17.3 Å². The summed E-state index contributed by atoms with van der Waals surface area (Å²) in [6.45, 7) is 7.71. The van der Waals surface area contributed by atoms with Gasteiger partial charge in [0.25, 0.3) is 0 Å². The van der Waals surface area contributed by atoms with Crippen molar-refractivity contribution < 1.29 is 4.79 Å². The van der Waals surface area contributed by atoms with Gasteiger partial charge >= 0.3 is 0 Å². The number of hydrogen-bond donors (Lipinski definition) is 2. The first-order valence-corrected chi connectivity index (χ1v) is 6.43. The van der Waals surface area contributed by atoms with E-state index in [0.717, 1.165) is 24.2 Å². The van der Waals surface area contributed by atoms with E-state index >= 15 is 0 Å². The molecule has 0 heterocycles. The fraction of sp³-hybridized carbons (Fsp3) is 0.400. The minimum absolute atomic E-state index is 0.0371. The van der Waals surface area contributed by atoms with E-state index < -0.39 is 0 Å². The van der Waals surface area contributed by atoms with Gasteiger partial charge in [0.2, 0.25) is 5.91 Å². The second-order valence-electron chi connectivity index (χ2n) is 4.39. The highest BCUT2D eigenvalue weighted by atomic mass is 16.1. The Morgan fingerprint density at radius 1 is 1.33 bits per heavy atom. The van der Waals surface area contributed by atoms with Gasteiger partial charge in [0.1, 0.15) is 0 Å². The Bertz CT molecular complexity index is 384. The molecule has 0 aromatic heterocycles. The largest absolute Gasteiger partial charge is 0.383 e. The van der Waals surface area contributed by atoms with E-state index in [1.165, 1.54) is 0 Å². The zero-order valence-corrected chi connectivity index (χ0v) is 11.2. The first kappa shape index (κ1) is 14.3.